The molecule has 3 aromatic heterocycles. The van der Waals surface area contributed by atoms with Crippen LogP contribution in [0.4, 0.5) is 0 Å². The van der Waals surface area contributed by atoms with Gasteiger partial charge in [0, 0.05) is 12.1 Å². The SMILES string of the molecule is COc1ncnc(C2CC2)c1-c1ncc2c(SC)n[nH]c2n1. The van der Waals surface area contributed by atoms with Crippen molar-refractivity contribution in [3.05, 3.63) is 18.2 Å². The van der Waals surface area contributed by atoms with Crippen LogP contribution < -0.4 is 4.74 Å². The molecule has 3 aromatic rings. The summed E-state index contributed by atoms with van der Waals surface area (Å²) < 4.78 is 5.40. The van der Waals surface area contributed by atoms with Gasteiger partial charge in [-0.2, -0.15) is 5.10 Å². The molecule has 7 nitrogen and oxygen atoms in total. The van der Waals surface area contributed by atoms with Crippen molar-refractivity contribution in [2.45, 2.75) is 23.8 Å². The van der Waals surface area contributed by atoms with E-state index < -0.39 is 0 Å². The van der Waals surface area contributed by atoms with Gasteiger partial charge in [-0.05, 0) is 19.1 Å². The van der Waals surface area contributed by atoms with E-state index in [2.05, 4.69) is 30.1 Å². The van der Waals surface area contributed by atoms with E-state index in [0.717, 1.165) is 34.5 Å². The number of H-pyrrole nitrogens is 1. The molecule has 1 N–H and O–H groups in total. The van der Waals surface area contributed by atoms with Gasteiger partial charge in [-0.3, -0.25) is 5.10 Å². The Morgan fingerprint density at radius 2 is 2.14 bits per heavy atom. The van der Waals surface area contributed by atoms with E-state index in [1.165, 1.54) is 6.33 Å². The lowest BCUT2D eigenvalue weighted by Crippen LogP contribution is -2.02. The fourth-order valence-electron chi connectivity index (χ4n) is 2.48. The summed E-state index contributed by atoms with van der Waals surface area (Å²) in [5.74, 6) is 1.54. The molecule has 3 heterocycles. The first kappa shape index (κ1) is 13.4. The second-order valence-electron chi connectivity index (χ2n) is 5.11. The molecule has 0 aliphatic heterocycles. The number of nitrogens with one attached hydrogen (secondary N) is 1. The Morgan fingerprint density at radius 3 is 2.86 bits per heavy atom. The lowest BCUT2D eigenvalue weighted by Gasteiger charge is -2.10. The molecule has 0 radical (unpaired) electrons. The Balaban J connectivity index is 1.91. The molecule has 0 saturated heterocycles. The molecule has 1 aliphatic rings. The standard InChI is InChI=1S/C14H14N6OS/c1-21-13-9(10(7-3-4-7)16-6-17-13)12-15-5-8-11(18-12)19-20-14(8)22-2/h5-7H,3-4H2,1-2H3,(H,15,18,19,20). The third-order valence-electron chi connectivity index (χ3n) is 3.70. The van der Waals surface area contributed by atoms with Crippen molar-refractivity contribution in [2.75, 3.05) is 13.4 Å². The number of rotatable bonds is 4. The molecule has 1 fully saturated rings. The van der Waals surface area contributed by atoms with E-state index in [1.807, 2.05) is 6.26 Å². The third kappa shape index (κ3) is 2.10. The number of methoxy groups -OCH3 is 1. The highest BCUT2D eigenvalue weighted by Gasteiger charge is 2.31. The average Bonchev–Trinajstić information content (AvgIpc) is 3.33. The summed E-state index contributed by atoms with van der Waals surface area (Å²) in [4.78, 5) is 17.7. The Morgan fingerprint density at radius 1 is 1.27 bits per heavy atom. The van der Waals surface area contributed by atoms with Crippen molar-refractivity contribution in [3.63, 3.8) is 0 Å². The summed E-state index contributed by atoms with van der Waals surface area (Å²) in [5.41, 5.74) is 2.47. The molecule has 0 bridgehead atoms. The maximum Gasteiger partial charge on any atom is 0.227 e. The van der Waals surface area contributed by atoms with Crippen molar-refractivity contribution in [1.29, 1.82) is 0 Å². The van der Waals surface area contributed by atoms with Gasteiger partial charge in [-0.25, -0.2) is 19.9 Å². The van der Waals surface area contributed by atoms with Gasteiger partial charge >= 0.3 is 0 Å². The van der Waals surface area contributed by atoms with Gasteiger partial charge in [-0.1, -0.05) is 0 Å². The van der Waals surface area contributed by atoms with Gasteiger partial charge in [0.1, 0.15) is 16.9 Å². The van der Waals surface area contributed by atoms with E-state index in [-0.39, 0.29) is 0 Å². The van der Waals surface area contributed by atoms with E-state index in [4.69, 9.17) is 4.74 Å². The minimum atomic E-state index is 0.453. The smallest absolute Gasteiger partial charge is 0.227 e. The first-order valence-electron chi connectivity index (χ1n) is 6.96. The van der Waals surface area contributed by atoms with Gasteiger partial charge in [0.05, 0.1) is 18.2 Å². The normalized spacial score (nSPS) is 14.5. The van der Waals surface area contributed by atoms with Crippen LogP contribution in [0.15, 0.2) is 17.6 Å². The molecule has 112 valence electrons. The molecule has 1 saturated carbocycles. The molecule has 0 unspecified atom stereocenters. The third-order valence-corrected chi connectivity index (χ3v) is 4.40. The molecule has 22 heavy (non-hydrogen) atoms. The quantitative estimate of drug-likeness (QED) is 0.740. The van der Waals surface area contributed by atoms with E-state index in [1.54, 1.807) is 25.1 Å². The summed E-state index contributed by atoms with van der Waals surface area (Å²) >= 11 is 1.56. The number of hydrogen-bond acceptors (Lipinski definition) is 7. The van der Waals surface area contributed by atoms with Gasteiger partial charge in [-0.15, -0.1) is 11.8 Å². The number of aromatic amines is 1. The highest BCUT2D eigenvalue weighted by Crippen LogP contribution is 2.44. The number of ether oxygens (including phenoxy) is 1. The van der Waals surface area contributed by atoms with Crippen molar-refractivity contribution >= 4 is 22.8 Å². The summed E-state index contributed by atoms with van der Waals surface area (Å²) in [6, 6.07) is 0. The number of aromatic nitrogens is 6. The minimum Gasteiger partial charge on any atom is -0.480 e. The zero-order valence-electron chi connectivity index (χ0n) is 12.2. The highest BCUT2D eigenvalue weighted by molar-refractivity contribution is 7.98. The van der Waals surface area contributed by atoms with Crippen molar-refractivity contribution < 1.29 is 4.74 Å². The second-order valence-corrected chi connectivity index (χ2v) is 5.90. The average molecular weight is 314 g/mol. The maximum atomic E-state index is 5.40. The van der Waals surface area contributed by atoms with E-state index >= 15 is 0 Å². The van der Waals surface area contributed by atoms with Crippen LogP contribution in [0, 0.1) is 0 Å². The molecule has 0 atom stereocenters. The van der Waals surface area contributed by atoms with Crippen molar-refractivity contribution in [1.82, 2.24) is 30.1 Å². The van der Waals surface area contributed by atoms with E-state index in [0.29, 0.717) is 23.3 Å². The summed E-state index contributed by atoms with van der Waals surface area (Å²) in [7, 11) is 1.60. The number of fused-ring (bicyclic) bond motifs is 1. The van der Waals surface area contributed by atoms with Gasteiger partial charge in [0.2, 0.25) is 5.88 Å². The van der Waals surface area contributed by atoms with Crippen LogP contribution in [0.2, 0.25) is 0 Å². The van der Waals surface area contributed by atoms with E-state index in [9.17, 15) is 0 Å². The predicted molar refractivity (Wildman–Crippen MR) is 83.0 cm³/mol. The van der Waals surface area contributed by atoms with Crippen LogP contribution in [-0.2, 0) is 0 Å². The lowest BCUT2D eigenvalue weighted by atomic mass is 10.1. The fraction of sp³-hybridized carbons (Fsp3) is 0.357. The summed E-state index contributed by atoms with van der Waals surface area (Å²) in [6.07, 6.45) is 7.57. The van der Waals surface area contributed by atoms with Crippen LogP contribution >= 0.6 is 11.8 Å². The molecule has 0 aromatic carbocycles. The van der Waals surface area contributed by atoms with Crippen LogP contribution in [0.3, 0.4) is 0 Å². The molecule has 1 aliphatic carbocycles. The zero-order chi connectivity index (χ0) is 15.1. The zero-order valence-corrected chi connectivity index (χ0v) is 13.0. The monoisotopic (exact) mass is 314 g/mol. The largest absolute Gasteiger partial charge is 0.480 e. The van der Waals surface area contributed by atoms with Gasteiger partial charge in [0.15, 0.2) is 11.5 Å². The Labute approximate surface area is 131 Å². The van der Waals surface area contributed by atoms with Gasteiger partial charge in [0.25, 0.3) is 0 Å². The lowest BCUT2D eigenvalue weighted by molar-refractivity contribution is 0.397. The number of thioether (sulfide) groups is 1. The molecule has 0 spiro atoms. The summed E-state index contributed by atoms with van der Waals surface area (Å²) in [5, 5.41) is 8.99. The van der Waals surface area contributed by atoms with Crippen LogP contribution in [-0.4, -0.2) is 43.5 Å². The van der Waals surface area contributed by atoms with Crippen LogP contribution in [0.5, 0.6) is 5.88 Å². The Bertz CT molecular complexity index is 844. The molecule has 8 heteroatoms. The van der Waals surface area contributed by atoms with Crippen LogP contribution in [0.1, 0.15) is 24.5 Å². The number of nitrogens with zero attached hydrogens (tertiary/aromatic N) is 5. The Hall–Kier alpha value is -2.22. The minimum absolute atomic E-state index is 0.453. The second kappa shape index (κ2) is 5.20. The molecule has 0 amide bonds. The first-order chi connectivity index (χ1) is 10.8. The van der Waals surface area contributed by atoms with Crippen LogP contribution in [0.25, 0.3) is 22.4 Å². The fourth-order valence-corrected chi connectivity index (χ4v) is 2.98. The highest BCUT2D eigenvalue weighted by atomic mass is 32.2. The Kier molecular flexibility index (Phi) is 3.18. The van der Waals surface area contributed by atoms with Crippen molar-refractivity contribution in [2.24, 2.45) is 0 Å². The maximum absolute atomic E-state index is 5.40. The number of hydrogen-bond donors (Lipinski definition) is 1. The molecular weight excluding hydrogens is 300 g/mol. The molecule has 4 rings (SSSR count). The summed E-state index contributed by atoms with van der Waals surface area (Å²) in [6.45, 7) is 0. The molecular formula is C14H14N6OS. The topological polar surface area (TPSA) is 89.5 Å². The van der Waals surface area contributed by atoms with Crippen molar-refractivity contribution in [3.8, 4) is 17.3 Å². The predicted octanol–water partition coefficient (Wildman–Crippen LogP) is 2.42. The first-order valence-corrected chi connectivity index (χ1v) is 8.18. The van der Waals surface area contributed by atoms with Gasteiger partial charge < -0.3 is 4.74 Å².